The zero-order chi connectivity index (χ0) is 9.80. The minimum atomic E-state index is 0.312. The topological polar surface area (TPSA) is 37.2 Å². The van der Waals surface area contributed by atoms with E-state index in [0.29, 0.717) is 12.1 Å². The zero-order valence-electron chi connectivity index (χ0n) is 8.62. The molecule has 0 amide bonds. The van der Waals surface area contributed by atoms with E-state index in [9.17, 15) is 0 Å². The molecule has 2 atom stereocenters. The van der Waals surface area contributed by atoms with Gasteiger partial charge < -0.3 is 15.1 Å². The Kier molecular flexibility index (Phi) is 3.22. The van der Waals surface area contributed by atoms with Gasteiger partial charge in [-0.1, -0.05) is 0 Å². The zero-order valence-corrected chi connectivity index (χ0v) is 8.62. The van der Waals surface area contributed by atoms with Gasteiger partial charge in [0.15, 0.2) is 0 Å². The van der Waals surface area contributed by atoms with Crippen molar-refractivity contribution in [3.05, 3.63) is 24.2 Å². The fourth-order valence-electron chi connectivity index (χ4n) is 1.89. The first-order chi connectivity index (χ1) is 6.86. The first-order valence-electron chi connectivity index (χ1n) is 5.36. The number of nitrogens with one attached hydrogen (secondary N) is 2. The number of hydrogen-bond acceptors (Lipinski definition) is 3. The Morgan fingerprint density at radius 2 is 2.64 bits per heavy atom. The van der Waals surface area contributed by atoms with Gasteiger partial charge in [-0.2, -0.15) is 0 Å². The highest BCUT2D eigenvalue weighted by Crippen LogP contribution is 2.12. The van der Waals surface area contributed by atoms with Crippen LogP contribution in [0.3, 0.4) is 0 Å². The molecule has 1 aliphatic rings. The summed E-state index contributed by atoms with van der Waals surface area (Å²) in [5, 5.41) is 6.93. The van der Waals surface area contributed by atoms with Crippen LogP contribution in [0.15, 0.2) is 22.8 Å². The fraction of sp³-hybridized carbons (Fsp3) is 0.636. The maximum absolute atomic E-state index is 5.33. The lowest BCUT2D eigenvalue weighted by Gasteiger charge is -2.15. The van der Waals surface area contributed by atoms with Crippen LogP contribution in [0.25, 0.3) is 0 Å². The fourth-order valence-corrected chi connectivity index (χ4v) is 1.89. The van der Waals surface area contributed by atoms with Gasteiger partial charge in [0.1, 0.15) is 5.76 Å². The van der Waals surface area contributed by atoms with Gasteiger partial charge in [-0.15, -0.1) is 0 Å². The quantitative estimate of drug-likeness (QED) is 0.765. The summed E-state index contributed by atoms with van der Waals surface area (Å²) in [6, 6.07) is 4.90. The van der Waals surface area contributed by atoms with E-state index in [0.717, 1.165) is 12.3 Å². The second-order valence-corrected chi connectivity index (χ2v) is 3.94. The molecule has 14 heavy (non-hydrogen) atoms. The van der Waals surface area contributed by atoms with Crippen LogP contribution >= 0.6 is 0 Å². The van der Waals surface area contributed by atoms with Gasteiger partial charge in [-0.3, -0.25) is 0 Å². The largest absolute Gasteiger partial charge is 0.468 e. The SMILES string of the molecule is C[C@H](NC[C@H]1CCCN1)c1ccco1. The molecule has 0 radical (unpaired) electrons. The van der Waals surface area contributed by atoms with Crippen molar-refractivity contribution in [3.8, 4) is 0 Å². The maximum atomic E-state index is 5.33. The van der Waals surface area contributed by atoms with Crippen LogP contribution in [0.4, 0.5) is 0 Å². The van der Waals surface area contributed by atoms with Crippen molar-refractivity contribution in [1.29, 1.82) is 0 Å². The van der Waals surface area contributed by atoms with E-state index in [-0.39, 0.29) is 0 Å². The number of rotatable bonds is 4. The molecule has 0 aromatic carbocycles. The number of furan rings is 1. The second kappa shape index (κ2) is 4.62. The van der Waals surface area contributed by atoms with Gasteiger partial charge in [0.25, 0.3) is 0 Å². The lowest BCUT2D eigenvalue weighted by atomic mass is 10.2. The molecule has 0 unspecified atom stereocenters. The smallest absolute Gasteiger partial charge is 0.120 e. The molecule has 2 rings (SSSR count). The average Bonchev–Trinajstić information content (AvgIpc) is 2.87. The summed E-state index contributed by atoms with van der Waals surface area (Å²) in [7, 11) is 0. The van der Waals surface area contributed by atoms with Gasteiger partial charge in [-0.25, -0.2) is 0 Å². The summed E-state index contributed by atoms with van der Waals surface area (Å²) in [5.41, 5.74) is 0. The first kappa shape index (κ1) is 9.74. The predicted molar refractivity (Wildman–Crippen MR) is 56.2 cm³/mol. The van der Waals surface area contributed by atoms with Crippen LogP contribution in [0.5, 0.6) is 0 Å². The molecule has 3 nitrogen and oxygen atoms in total. The Hall–Kier alpha value is -0.800. The highest BCUT2D eigenvalue weighted by Gasteiger charge is 2.15. The van der Waals surface area contributed by atoms with Crippen molar-refractivity contribution in [1.82, 2.24) is 10.6 Å². The summed E-state index contributed by atoms with van der Waals surface area (Å²) in [6.45, 7) is 4.33. The van der Waals surface area contributed by atoms with E-state index in [1.807, 2.05) is 12.1 Å². The van der Waals surface area contributed by atoms with Crippen LogP contribution in [0.2, 0.25) is 0 Å². The Bertz CT molecular complexity index is 252. The molecule has 1 saturated heterocycles. The van der Waals surface area contributed by atoms with E-state index in [4.69, 9.17) is 4.42 Å². The van der Waals surface area contributed by atoms with E-state index in [1.54, 1.807) is 6.26 Å². The minimum absolute atomic E-state index is 0.312. The van der Waals surface area contributed by atoms with E-state index in [1.165, 1.54) is 19.4 Å². The monoisotopic (exact) mass is 194 g/mol. The predicted octanol–water partition coefficient (Wildman–Crippen LogP) is 1.68. The normalized spacial score (nSPS) is 23.9. The van der Waals surface area contributed by atoms with Crippen LogP contribution in [0.1, 0.15) is 31.6 Å². The van der Waals surface area contributed by atoms with Crippen molar-refractivity contribution in [2.45, 2.75) is 31.8 Å². The lowest BCUT2D eigenvalue weighted by molar-refractivity contribution is 0.412. The Labute approximate surface area is 84.9 Å². The first-order valence-corrected chi connectivity index (χ1v) is 5.36. The highest BCUT2D eigenvalue weighted by molar-refractivity contribution is 5.03. The third-order valence-electron chi connectivity index (χ3n) is 2.80. The Morgan fingerprint density at radius 3 is 3.29 bits per heavy atom. The molecule has 3 heteroatoms. The molecule has 0 saturated carbocycles. The Balaban J connectivity index is 1.74. The van der Waals surface area contributed by atoms with Crippen molar-refractivity contribution in [2.24, 2.45) is 0 Å². The molecule has 78 valence electrons. The minimum Gasteiger partial charge on any atom is -0.468 e. The molecule has 2 N–H and O–H groups in total. The summed E-state index contributed by atoms with van der Waals surface area (Å²) in [6.07, 6.45) is 4.32. The lowest BCUT2D eigenvalue weighted by Crippen LogP contribution is -2.35. The van der Waals surface area contributed by atoms with Gasteiger partial charge in [0.05, 0.1) is 12.3 Å². The third kappa shape index (κ3) is 2.36. The molecular formula is C11H18N2O. The Morgan fingerprint density at radius 1 is 1.71 bits per heavy atom. The van der Waals surface area contributed by atoms with Crippen LogP contribution in [-0.2, 0) is 0 Å². The van der Waals surface area contributed by atoms with E-state index in [2.05, 4.69) is 17.6 Å². The molecule has 1 aromatic rings. The maximum Gasteiger partial charge on any atom is 0.120 e. The molecular weight excluding hydrogens is 176 g/mol. The molecule has 2 heterocycles. The van der Waals surface area contributed by atoms with Gasteiger partial charge in [0, 0.05) is 12.6 Å². The summed E-state index contributed by atoms with van der Waals surface area (Å²) < 4.78 is 5.33. The molecule has 1 fully saturated rings. The summed E-state index contributed by atoms with van der Waals surface area (Å²) >= 11 is 0. The summed E-state index contributed by atoms with van der Waals surface area (Å²) in [5.74, 6) is 1.02. The summed E-state index contributed by atoms with van der Waals surface area (Å²) in [4.78, 5) is 0. The third-order valence-corrected chi connectivity index (χ3v) is 2.80. The standard InChI is InChI=1S/C11H18N2O/c1-9(11-5-3-7-14-11)13-8-10-4-2-6-12-10/h3,5,7,9-10,12-13H,2,4,6,8H2,1H3/t9-,10+/m0/s1. The van der Waals surface area contributed by atoms with Gasteiger partial charge in [0.2, 0.25) is 0 Å². The molecule has 1 aromatic heterocycles. The van der Waals surface area contributed by atoms with E-state index >= 15 is 0 Å². The van der Waals surface area contributed by atoms with Gasteiger partial charge >= 0.3 is 0 Å². The second-order valence-electron chi connectivity index (χ2n) is 3.94. The van der Waals surface area contributed by atoms with Crippen LogP contribution < -0.4 is 10.6 Å². The number of hydrogen-bond donors (Lipinski definition) is 2. The van der Waals surface area contributed by atoms with Crippen LogP contribution in [-0.4, -0.2) is 19.1 Å². The van der Waals surface area contributed by atoms with Crippen molar-refractivity contribution in [2.75, 3.05) is 13.1 Å². The van der Waals surface area contributed by atoms with E-state index < -0.39 is 0 Å². The molecule has 0 bridgehead atoms. The van der Waals surface area contributed by atoms with Crippen molar-refractivity contribution >= 4 is 0 Å². The van der Waals surface area contributed by atoms with Crippen LogP contribution in [0, 0.1) is 0 Å². The molecule has 0 aliphatic carbocycles. The average molecular weight is 194 g/mol. The van der Waals surface area contributed by atoms with Crippen molar-refractivity contribution in [3.63, 3.8) is 0 Å². The molecule has 0 spiro atoms. The van der Waals surface area contributed by atoms with Crippen molar-refractivity contribution < 1.29 is 4.42 Å². The van der Waals surface area contributed by atoms with Gasteiger partial charge in [-0.05, 0) is 38.4 Å². The molecule has 1 aliphatic heterocycles. The highest BCUT2D eigenvalue weighted by atomic mass is 16.3.